The zero-order chi connectivity index (χ0) is 12.5. The van der Waals surface area contributed by atoms with E-state index in [1.54, 1.807) is 0 Å². The normalized spacial score (nSPS) is 24.5. The number of aryl methyl sites for hydroxylation is 1. The van der Waals surface area contributed by atoms with Crippen molar-refractivity contribution in [2.24, 2.45) is 5.92 Å². The van der Waals surface area contributed by atoms with Crippen molar-refractivity contribution in [3.05, 3.63) is 33.8 Å². The minimum atomic E-state index is 0.314. The average molecular weight is 296 g/mol. The molecule has 2 heteroatoms. The Labute approximate surface area is 113 Å². The van der Waals surface area contributed by atoms with Crippen molar-refractivity contribution in [3.8, 4) is 0 Å². The Balaban J connectivity index is 2.20. The molecule has 94 valence electrons. The highest BCUT2D eigenvalue weighted by Crippen LogP contribution is 2.32. The second-order valence-corrected chi connectivity index (χ2v) is 6.46. The van der Waals surface area contributed by atoms with E-state index in [-0.39, 0.29) is 0 Å². The molecule has 1 aromatic carbocycles. The molecule has 1 aliphatic heterocycles. The molecule has 1 unspecified atom stereocenters. The minimum absolute atomic E-state index is 0.314. The number of nitrogens with one attached hydrogen (secondary N) is 1. The predicted octanol–water partition coefficient (Wildman–Crippen LogP) is 4.08. The molecule has 1 aromatic rings. The summed E-state index contributed by atoms with van der Waals surface area (Å²) < 4.78 is 1.23. The molecule has 1 fully saturated rings. The van der Waals surface area contributed by atoms with Gasteiger partial charge in [0.2, 0.25) is 0 Å². The lowest BCUT2D eigenvalue weighted by atomic mass is 9.80. The summed E-state index contributed by atoms with van der Waals surface area (Å²) in [5, 5.41) is 3.74. The van der Waals surface area contributed by atoms with E-state index in [2.05, 4.69) is 60.2 Å². The highest BCUT2D eigenvalue weighted by Gasteiger charge is 2.36. The molecule has 1 saturated heterocycles. The third-order valence-corrected chi connectivity index (χ3v) is 4.99. The summed E-state index contributed by atoms with van der Waals surface area (Å²) in [5.74, 6) is 0.685. The van der Waals surface area contributed by atoms with Crippen molar-refractivity contribution in [1.29, 1.82) is 0 Å². The zero-order valence-corrected chi connectivity index (χ0v) is 12.6. The summed E-state index contributed by atoms with van der Waals surface area (Å²) in [6.07, 6.45) is 3.75. The van der Waals surface area contributed by atoms with Crippen molar-refractivity contribution in [2.75, 3.05) is 6.54 Å². The molecule has 1 aliphatic rings. The van der Waals surface area contributed by atoms with Crippen molar-refractivity contribution in [3.63, 3.8) is 0 Å². The standard InChI is InChI=1S/C15H22BrN/c1-11(2)15(7-4-8-17-15)10-13-6-5-12(3)14(16)9-13/h5-6,9,11,17H,4,7-8,10H2,1-3H3. The van der Waals surface area contributed by atoms with Crippen LogP contribution in [0.25, 0.3) is 0 Å². The molecule has 0 spiro atoms. The Morgan fingerprint density at radius 2 is 2.18 bits per heavy atom. The smallest absolute Gasteiger partial charge is 0.0245 e. The fourth-order valence-electron chi connectivity index (χ4n) is 2.79. The number of halogens is 1. The Morgan fingerprint density at radius 3 is 2.71 bits per heavy atom. The maximum absolute atomic E-state index is 3.74. The molecule has 2 rings (SSSR count). The summed E-state index contributed by atoms with van der Waals surface area (Å²) in [5.41, 5.74) is 3.06. The van der Waals surface area contributed by atoms with Gasteiger partial charge >= 0.3 is 0 Å². The van der Waals surface area contributed by atoms with Gasteiger partial charge in [0.15, 0.2) is 0 Å². The SMILES string of the molecule is Cc1ccc(CC2(C(C)C)CCCN2)cc1Br. The first kappa shape index (κ1) is 13.1. The third-order valence-electron chi connectivity index (χ3n) is 4.14. The minimum Gasteiger partial charge on any atom is -0.311 e. The molecule has 0 saturated carbocycles. The largest absolute Gasteiger partial charge is 0.311 e. The molecule has 1 N–H and O–H groups in total. The van der Waals surface area contributed by atoms with Crippen LogP contribution in [0.4, 0.5) is 0 Å². The van der Waals surface area contributed by atoms with Crippen LogP contribution in [0.1, 0.15) is 37.8 Å². The van der Waals surface area contributed by atoms with E-state index in [0.29, 0.717) is 11.5 Å². The number of benzene rings is 1. The van der Waals surface area contributed by atoms with Crippen LogP contribution in [-0.4, -0.2) is 12.1 Å². The lowest BCUT2D eigenvalue weighted by Gasteiger charge is -2.34. The second kappa shape index (κ2) is 5.11. The fraction of sp³-hybridized carbons (Fsp3) is 0.600. The van der Waals surface area contributed by atoms with Crippen LogP contribution in [0, 0.1) is 12.8 Å². The van der Waals surface area contributed by atoms with Crippen molar-refractivity contribution in [2.45, 2.75) is 45.6 Å². The number of rotatable bonds is 3. The summed E-state index contributed by atoms with van der Waals surface area (Å²) in [6, 6.07) is 6.76. The van der Waals surface area contributed by atoms with Crippen LogP contribution in [0.3, 0.4) is 0 Å². The first-order valence-corrected chi connectivity index (χ1v) is 7.33. The van der Waals surface area contributed by atoms with E-state index >= 15 is 0 Å². The van der Waals surface area contributed by atoms with Gasteiger partial charge < -0.3 is 5.32 Å². The Morgan fingerprint density at radius 1 is 1.41 bits per heavy atom. The van der Waals surface area contributed by atoms with Gasteiger partial charge in [0, 0.05) is 10.0 Å². The van der Waals surface area contributed by atoms with Crippen LogP contribution >= 0.6 is 15.9 Å². The Hall–Kier alpha value is -0.340. The average Bonchev–Trinajstić information content (AvgIpc) is 2.73. The molecule has 1 nitrogen and oxygen atoms in total. The molecule has 1 heterocycles. The van der Waals surface area contributed by atoms with Crippen LogP contribution in [0.5, 0.6) is 0 Å². The van der Waals surface area contributed by atoms with Gasteiger partial charge in [-0.3, -0.25) is 0 Å². The van der Waals surface area contributed by atoms with Gasteiger partial charge in [-0.05, 0) is 55.8 Å². The summed E-state index contributed by atoms with van der Waals surface area (Å²) >= 11 is 3.63. The van der Waals surface area contributed by atoms with Gasteiger partial charge in [-0.15, -0.1) is 0 Å². The highest BCUT2D eigenvalue weighted by molar-refractivity contribution is 9.10. The lowest BCUT2D eigenvalue weighted by molar-refractivity contribution is 0.269. The predicted molar refractivity (Wildman–Crippen MR) is 77.4 cm³/mol. The lowest BCUT2D eigenvalue weighted by Crippen LogP contribution is -2.46. The summed E-state index contributed by atoms with van der Waals surface area (Å²) in [4.78, 5) is 0. The van der Waals surface area contributed by atoms with Gasteiger partial charge in [-0.25, -0.2) is 0 Å². The second-order valence-electron chi connectivity index (χ2n) is 5.60. The molecule has 0 bridgehead atoms. The van der Waals surface area contributed by atoms with E-state index in [0.717, 1.165) is 6.42 Å². The van der Waals surface area contributed by atoms with Crippen molar-refractivity contribution < 1.29 is 0 Å². The number of hydrogen-bond donors (Lipinski definition) is 1. The van der Waals surface area contributed by atoms with Crippen LogP contribution < -0.4 is 5.32 Å². The summed E-state index contributed by atoms with van der Waals surface area (Å²) in [6.45, 7) is 7.98. The molecule has 0 radical (unpaired) electrons. The maximum atomic E-state index is 3.74. The van der Waals surface area contributed by atoms with E-state index in [1.807, 2.05) is 0 Å². The highest BCUT2D eigenvalue weighted by atomic mass is 79.9. The van der Waals surface area contributed by atoms with Crippen LogP contribution in [-0.2, 0) is 6.42 Å². The molecule has 17 heavy (non-hydrogen) atoms. The monoisotopic (exact) mass is 295 g/mol. The molecular formula is C15H22BrN. The van der Waals surface area contributed by atoms with Gasteiger partial charge in [0.25, 0.3) is 0 Å². The quantitative estimate of drug-likeness (QED) is 0.886. The van der Waals surface area contributed by atoms with Gasteiger partial charge in [-0.1, -0.05) is 41.9 Å². The molecule has 0 amide bonds. The van der Waals surface area contributed by atoms with Crippen molar-refractivity contribution in [1.82, 2.24) is 5.32 Å². The van der Waals surface area contributed by atoms with Gasteiger partial charge in [0.1, 0.15) is 0 Å². The maximum Gasteiger partial charge on any atom is 0.0245 e. The Kier molecular flexibility index (Phi) is 3.94. The number of hydrogen-bond acceptors (Lipinski definition) is 1. The van der Waals surface area contributed by atoms with E-state index in [9.17, 15) is 0 Å². The van der Waals surface area contributed by atoms with Gasteiger partial charge in [-0.2, -0.15) is 0 Å². The van der Waals surface area contributed by atoms with E-state index in [4.69, 9.17) is 0 Å². The molecule has 1 atom stereocenters. The first-order chi connectivity index (χ1) is 8.03. The Bertz CT molecular complexity index is 392. The van der Waals surface area contributed by atoms with Gasteiger partial charge in [0.05, 0.1) is 0 Å². The van der Waals surface area contributed by atoms with Crippen molar-refractivity contribution >= 4 is 15.9 Å². The van der Waals surface area contributed by atoms with E-state index < -0.39 is 0 Å². The van der Waals surface area contributed by atoms with Crippen LogP contribution in [0.15, 0.2) is 22.7 Å². The van der Waals surface area contributed by atoms with E-state index in [1.165, 1.54) is 35.0 Å². The van der Waals surface area contributed by atoms with Crippen LogP contribution in [0.2, 0.25) is 0 Å². The fourth-order valence-corrected chi connectivity index (χ4v) is 3.21. The third kappa shape index (κ3) is 2.74. The first-order valence-electron chi connectivity index (χ1n) is 6.53. The topological polar surface area (TPSA) is 12.0 Å². The zero-order valence-electron chi connectivity index (χ0n) is 11.0. The molecule has 0 aromatic heterocycles. The molecular weight excluding hydrogens is 274 g/mol. The summed E-state index contributed by atoms with van der Waals surface area (Å²) in [7, 11) is 0. The molecule has 0 aliphatic carbocycles.